The molecule has 0 saturated carbocycles. The van der Waals surface area contributed by atoms with Gasteiger partial charge in [0.2, 0.25) is 5.95 Å². The Bertz CT molecular complexity index is 396. The summed E-state index contributed by atoms with van der Waals surface area (Å²) in [7, 11) is 0. The summed E-state index contributed by atoms with van der Waals surface area (Å²) in [6.45, 7) is 12.5. The average Bonchev–Trinajstić information content (AvgIpc) is 2.77. The van der Waals surface area contributed by atoms with Gasteiger partial charge in [-0.25, -0.2) is 4.98 Å². The van der Waals surface area contributed by atoms with E-state index in [-0.39, 0.29) is 0 Å². The van der Waals surface area contributed by atoms with E-state index < -0.39 is 0 Å². The van der Waals surface area contributed by atoms with Gasteiger partial charge in [0, 0.05) is 32.4 Å². The Morgan fingerprint density at radius 2 is 2.26 bits per heavy atom. The minimum Gasteiger partial charge on any atom is -0.379 e. The van der Waals surface area contributed by atoms with Gasteiger partial charge in [-0.15, -0.1) is 6.58 Å². The highest BCUT2D eigenvalue weighted by Gasteiger charge is 2.09. The molecule has 0 aromatic carbocycles. The lowest BCUT2D eigenvalue weighted by Gasteiger charge is -2.26. The standard InChI is InChI=1S/C14H24N4O/c1-3-6-18-12-13(2)16-14(18)15-5-4-7-17-8-10-19-11-9-17/h3,12H,1,4-11H2,2H3,(H,15,16). The normalized spacial score (nSPS) is 16.5. The van der Waals surface area contributed by atoms with Crippen molar-refractivity contribution in [3.05, 3.63) is 24.5 Å². The first-order chi connectivity index (χ1) is 9.29. The van der Waals surface area contributed by atoms with Crippen molar-refractivity contribution in [1.29, 1.82) is 0 Å². The van der Waals surface area contributed by atoms with Crippen molar-refractivity contribution < 1.29 is 4.74 Å². The highest BCUT2D eigenvalue weighted by atomic mass is 16.5. The summed E-state index contributed by atoms with van der Waals surface area (Å²) in [4.78, 5) is 6.94. The van der Waals surface area contributed by atoms with Gasteiger partial charge in [-0.1, -0.05) is 6.08 Å². The number of anilines is 1. The number of aryl methyl sites for hydroxylation is 1. The van der Waals surface area contributed by atoms with Gasteiger partial charge >= 0.3 is 0 Å². The molecule has 5 heteroatoms. The van der Waals surface area contributed by atoms with Gasteiger partial charge in [0.1, 0.15) is 0 Å². The molecule has 1 N–H and O–H groups in total. The van der Waals surface area contributed by atoms with Crippen LogP contribution in [-0.2, 0) is 11.3 Å². The molecule has 5 nitrogen and oxygen atoms in total. The van der Waals surface area contributed by atoms with Crippen molar-refractivity contribution in [3.8, 4) is 0 Å². The molecule has 0 bridgehead atoms. The Hall–Kier alpha value is -1.33. The number of aromatic nitrogens is 2. The van der Waals surface area contributed by atoms with Crippen LogP contribution in [0.1, 0.15) is 12.1 Å². The van der Waals surface area contributed by atoms with Crippen molar-refractivity contribution in [2.75, 3.05) is 44.7 Å². The first kappa shape index (κ1) is 14.1. The molecule has 1 aliphatic rings. The van der Waals surface area contributed by atoms with Gasteiger partial charge in [-0.3, -0.25) is 4.90 Å². The predicted molar refractivity (Wildman–Crippen MR) is 77.5 cm³/mol. The molecule has 1 aliphatic heterocycles. The summed E-state index contributed by atoms with van der Waals surface area (Å²) in [6, 6.07) is 0. The van der Waals surface area contributed by atoms with Gasteiger partial charge in [0.15, 0.2) is 0 Å². The molecule has 1 aromatic heterocycles. The van der Waals surface area contributed by atoms with Crippen molar-refractivity contribution in [2.24, 2.45) is 0 Å². The van der Waals surface area contributed by atoms with E-state index in [1.807, 2.05) is 19.2 Å². The van der Waals surface area contributed by atoms with Gasteiger partial charge in [0.05, 0.1) is 18.9 Å². The van der Waals surface area contributed by atoms with Crippen LogP contribution < -0.4 is 5.32 Å². The van der Waals surface area contributed by atoms with Crippen LogP contribution in [0.25, 0.3) is 0 Å². The molecule has 0 unspecified atom stereocenters. The minimum absolute atomic E-state index is 0.798. The number of imidazole rings is 1. The maximum atomic E-state index is 5.34. The van der Waals surface area contributed by atoms with E-state index in [1.54, 1.807) is 0 Å². The second-order valence-corrected chi connectivity index (χ2v) is 4.88. The van der Waals surface area contributed by atoms with Gasteiger partial charge in [0.25, 0.3) is 0 Å². The zero-order valence-electron chi connectivity index (χ0n) is 11.8. The van der Waals surface area contributed by atoms with E-state index >= 15 is 0 Å². The summed E-state index contributed by atoms with van der Waals surface area (Å²) in [5, 5.41) is 3.40. The first-order valence-electron chi connectivity index (χ1n) is 6.98. The first-order valence-corrected chi connectivity index (χ1v) is 6.98. The Morgan fingerprint density at radius 1 is 1.47 bits per heavy atom. The molecule has 1 saturated heterocycles. The van der Waals surface area contributed by atoms with Crippen LogP contribution in [0.15, 0.2) is 18.9 Å². The third kappa shape index (κ3) is 4.36. The van der Waals surface area contributed by atoms with Crippen LogP contribution in [0.2, 0.25) is 0 Å². The minimum atomic E-state index is 0.798. The van der Waals surface area contributed by atoms with Crippen molar-refractivity contribution in [1.82, 2.24) is 14.5 Å². The van der Waals surface area contributed by atoms with E-state index in [9.17, 15) is 0 Å². The molecule has 19 heavy (non-hydrogen) atoms. The van der Waals surface area contributed by atoms with Crippen LogP contribution in [0.5, 0.6) is 0 Å². The van der Waals surface area contributed by atoms with E-state index in [2.05, 4.69) is 26.3 Å². The Balaban J connectivity index is 1.71. The summed E-state index contributed by atoms with van der Waals surface area (Å²) >= 11 is 0. The number of rotatable bonds is 7. The van der Waals surface area contributed by atoms with Gasteiger partial charge < -0.3 is 14.6 Å². The lowest BCUT2D eigenvalue weighted by Crippen LogP contribution is -2.37. The quantitative estimate of drug-likeness (QED) is 0.599. The zero-order valence-corrected chi connectivity index (χ0v) is 11.8. The fourth-order valence-corrected chi connectivity index (χ4v) is 2.29. The molecule has 0 amide bonds. The average molecular weight is 264 g/mol. The topological polar surface area (TPSA) is 42.3 Å². The smallest absolute Gasteiger partial charge is 0.203 e. The van der Waals surface area contributed by atoms with Crippen molar-refractivity contribution in [3.63, 3.8) is 0 Å². The predicted octanol–water partition coefficient (Wildman–Crippen LogP) is 1.51. The molecular weight excluding hydrogens is 240 g/mol. The van der Waals surface area contributed by atoms with E-state index in [0.717, 1.165) is 64.0 Å². The number of nitrogens with one attached hydrogen (secondary N) is 1. The molecule has 1 aromatic rings. The Morgan fingerprint density at radius 3 is 3.00 bits per heavy atom. The second kappa shape index (κ2) is 7.31. The monoisotopic (exact) mass is 264 g/mol. The van der Waals surface area contributed by atoms with Crippen LogP contribution in [-0.4, -0.2) is 53.8 Å². The van der Waals surface area contributed by atoms with Crippen LogP contribution in [0.4, 0.5) is 5.95 Å². The number of morpholine rings is 1. The lowest BCUT2D eigenvalue weighted by atomic mass is 10.3. The third-order valence-corrected chi connectivity index (χ3v) is 3.26. The maximum Gasteiger partial charge on any atom is 0.203 e. The van der Waals surface area contributed by atoms with E-state index in [1.165, 1.54) is 0 Å². The molecule has 0 spiro atoms. The summed E-state index contributed by atoms with van der Waals surface area (Å²) < 4.78 is 7.44. The van der Waals surface area contributed by atoms with E-state index in [4.69, 9.17) is 4.74 Å². The third-order valence-electron chi connectivity index (χ3n) is 3.26. The Labute approximate surface area is 115 Å². The largest absolute Gasteiger partial charge is 0.379 e. The van der Waals surface area contributed by atoms with Gasteiger partial charge in [-0.2, -0.15) is 0 Å². The van der Waals surface area contributed by atoms with Crippen molar-refractivity contribution >= 4 is 5.95 Å². The summed E-state index contributed by atoms with van der Waals surface area (Å²) in [6.07, 6.45) is 5.06. The van der Waals surface area contributed by atoms with Crippen LogP contribution >= 0.6 is 0 Å². The molecule has 2 rings (SSSR count). The maximum absolute atomic E-state index is 5.34. The second-order valence-electron chi connectivity index (χ2n) is 4.88. The molecule has 0 radical (unpaired) electrons. The number of allylic oxidation sites excluding steroid dienone is 1. The number of nitrogens with zero attached hydrogens (tertiary/aromatic N) is 3. The molecule has 2 heterocycles. The molecular formula is C14H24N4O. The van der Waals surface area contributed by atoms with Gasteiger partial charge in [-0.05, 0) is 19.9 Å². The lowest BCUT2D eigenvalue weighted by molar-refractivity contribution is 0.0378. The SMILES string of the molecule is C=CCn1cc(C)nc1NCCCN1CCOCC1. The Kier molecular flexibility index (Phi) is 5.42. The number of ether oxygens (including phenoxy) is 1. The highest BCUT2D eigenvalue weighted by Crippen LogP contribution is 2.08. The van der Waals surface area contributed by atoms with Crippen molar-refractivity contribution in [2.45, 2.75) is 19.9 Å². The van der Waals surface area contributed by atoms with Crippen LogP contribution in [0, 0.1) is 6.92 Å². The molecule has 0 aliphatic carbocycles. The zero-order chi connectivity index (χ0) is 13.5. The summed E-state index contributed by atoms with van der Waals surface area (Å²) in [5.41, 5.74) is 1.04. The fraction of sp³-hybridized carbons (Fsp3) is 0.643. The highest BCUT2D eigenvalue weighted by molar-refractivity contribution is 5.28. The number of hydrogen-bond acceptors (Lipinski definition) is 4. The fourth-order valence-electron chi connectivity index (χ4n) is 2.29. The molecule has 106 valence electrons. The van der Waals surface area contributed by atoms with Crippen LogP contribution in [0.3, 0.4) is 0 Å². The van der Waals surface area contributed by atoms with E-state index in [0.29, 0.717) is 0 Å². The summed E-state index contributed by atoms with van der Waals surface area (Å²) in [5.74, 6) is 0.944. The molecule has 0 atom stereocenters. The molecule has 1 fully saturated rings. The number of hydrogen-bond donors (Lipinski definition) is 1.